The fourth-order valence-electron chi connectivity index (χ4n) is 2.07. The van der Waals surface area contributed by atoms with Gasteiger partial charge in [0.15, 0.2) is 0 Å². The third-order valence-electron chi connectivity index (χ3n) is 3.05. The molecule has 0 saturated carbocycles. The van der Waals surface area contributed by atoms with Crippen LogP contribution in [-0.2, 0) is 0 Å². The van der Waals surface area contributed by atoms with Gasteiger partial charge in [-0.2, -0.15) is 5.26 Å². The van der Waals surface area contributed by atoms with E-state index in [9.17, 15) is 5.26 Å². The molecule has 0 N–H and O–H groups in total. The molecular formula is C13H14N2. The van der Waals surface area contributed by atoms with E-state index >= 15 is 0 Å². The highest BCUT2D eigenvalue weighted by Crippen LogP contribution is 2.41. The van der Waals surface area contributed by atoms with E-state index in [1.54, 1.807) is 6.20 Å². The van der Waals surface area contributed by atoms with E-state index in [1.165, 1.54) is 5.56 Å². The van der Waals surface area contributed by atoms with Crippen molar-refractivity contribution < 1.29 is 0 Å². The number of allylic oxidation sites excluding steroid dienone is 1. The van der Waals surface area contributed by atoms with E-state index in [4.69, 9.17) is 0 Å². The van der Waals surface area contributed by atoms with E-state index in [2.05, 4.69) is 23.2 Å². The predicted octanol–water partition coefficient (Wildman–Crippen LogP) is 3.13. The number of fused-ring (bicyclic) bond motifs is 1. The summed E-state index contributed by atoms with van der Waals surface area (Å²) in [6, 6.07) is 6.41. The number of nitrogens with zero attached hydrogens (tertiary/aromatic N) is 2. The van der Waals surface area contributed by atoms with Crippen LogP contribution in [0.3, 0.4) is 0 Å². The Morgan fingerprint density at radius 1 is 1.53 bits per heavy atom. The summed E-state index contributed by atoms with van der Waals surface area (Å²) >= 11 is 0. The third-order valence-corrected chi connectivity index (χ3v) is 3.05. The molecule has 1 aliphatic carbocycles. The number of hydrogen-bond donors (Lipinski definition) is 0. The van der Waals surface area contributed by atoms with Crippen molar-refractivity contribution in [3.63, 3.8) is 0 Å². The van der Waals surface area contributed by atoms with E-state index < -0.39 is 0 Å². The lowest BCUT2D eigenvalue weighted by Crippen LogP contribution is -2.22. The molecule has 76 valence electrons. The molecular weight excluding hydrogens is 184 g/mol. The molecule has 2 rings (SSSR count). The van der Waals surface area contributed by atoms with Crippen molar-refractivity contribution >= 4 is 6.08 Å². The standard InChI is InChI=1S/C13H14N2/c1-13(2,9-14)11-6-3-7-12-10(11)5-4-8-15-12/h3-5,7-8,11H,6H2,1-2H3/t11-/m0/s1. The second-order valence-electron chi connectivity index (χ2n) is 4.50. The average molecular weight is 198 g/mol. The van der Waals surface area contributed by atoms with Crippen molar-refractivity contribution in [2.75, 3.05) is 0 Å². The maximum atomic E-state index is 9.18. The molecule has 15 heavy (non-hydrogen) atoms. The quantitative estimate of drug-likeness (QED) is 0.695. The number of nitriles is 1. The van der Waals surface area contributed by atoms with Gasteiger partial charge in [-0.1, -0.05) is 12.1 Å². The van der Waals surface area contributed by atoms with Gasteiger partial charge in [0.05, 0.1) is 17.2 Å². The fourth-order valence-corrected chi connectivity index (χ4v) is 2.07. The zero-order chi connectivity index (χ0) is 10.9. The monoisotopic (exact) mass is 198 g/mol. The highest BCUT2D eigenvalue weighted by Gasteiger charge is 2.32. The van der Waals surface area contributed by atoms with Crippen molar-refractivity contribution in [2.24, 2.45) is 5.41 Å². The van der Waals surface area contributed by atoms with Gasteiger partial charge >= 0.3 is 0 Å². The molecule has 1 heterocycles. The molecule has 1 aromatic heterocycles. The largest absolute Gasteiger partial charge is 0.257 e. The predicted molar refractivity (Wildman–Crippen MR) is 60.0 cm³/mol. The van der Waals surface area contributed by atoms with Gasteiger partial charge in [0.1, 0.15) is 0 Å². The van der Waals surface area contributed by atoms with Gasteiger partial charge in [-0.05, 0) is 38.0 Å². The van der Waals surface area contributed by atoms with Crippen molar-refractivity contribution in [1.82, 2.24) is 4.98 Å². The van der Waals surface area contributed by atoms with Crippen LogP contribution < -0.4 is 0 Å². The maximum Gasteiger partial charge on any atom is 0.0690 e. The van der Waals surface area contributed by atoms with Crippen LogP contribution in [0.5, 0.6) is 0 Å². The Morgan fingerprint density at radius 3 is 3.07 bits per heavy atom. The molecule has 1 aromatic rings. The highest BCUT2D eigenvalue weighted by atomic mass is 14.7. The Labute approximate surface area is 90.3 Å². The number of hydrogen-bond acceptors (Lipinski definition) is 2. The van der Waals surface area contributed by atoms with Crippen LogP contribution in [0, 0.1) is 16.7 Å². The first-order chi connectivity index (χ1) is 7.15. The molecule has 0 aliphatic heterocycles. The molecule has 0 fully saturated rings. The first kappa shape index (κ1) is 9.92. The summed E-state index contributed by atoms with van der Waals surface area (Å²) in [5, 5.41) is 9.18. The molecule has 0 aromatic carbocycles. The lowest BCUT2D eigenvalue weighted by atomic mass is 9.72. The Morgan fingerprint density at radius 2 is 2.33 bits per heavy atom. The van der Waals surface area contributed by atoms with Crippen molar-refractivity contribution in [3.05, 3.63) is 35.7 Å². The lowest BCUT2D eigenvalue weighted by molar-refractivity contribution is 0.383. The molecule has 2 nitrogen and oxygen atoms in total. The van der Waals surface area contributed by atoms with Crippen LogP contribution in [0.4, 0.5) is 0 Å². The minimum absolute atomic E-state index is 0.260. The molecule has 2 heteroatoms. The number of pyridine rings is 1. The third kappa shape index (κ3) is 1.66. The molecule has 0 bridgehead atoms. The van der Waals surface area contributed by atoms with Gasteiger partial charge in [-0.25, -0.2) is 0 Å². The Balaban J connectivity index is 2.48. The van der Waals surface area contributed by atoms with Crippen LogP contribution in [0.2, 0.25) is 0 Å². The summed E-state index contributed by atoms with van der Waals surface area (Å²) in [5.41, 5.74) is 1.88. The van der Waals surface area contributed by atoms with E-state index in [1.807, 2.05) is 26.0 Å². The Hall–Kier alpha value is -1.62. The molecule has 0 amide bonds. The second kappa shape index (κ2) is 3.51. The molecule has 0 radical (unpaired) electrons. The SMILES string of the molecule is CC(C)(C#N)[C@H]1CC=Cc2ncccc21. The summed E-state index contributed by atoms with van der Waals surface area (Å²) in [5.74, 6) is 0.260. The fraction of sp³-hybridized carbons (Fsp3) is 0.385. The van der Waals surface area contributed by atoms with Gasteiger partial charge in [0, 0.05) is 12.1 Å². The molecule has 1 aliphatic rings. The summed E-state index contributed by atoms with van der Waals surface area (Å²) < 4.78 is 0. The first-order valence-electron chi connectivity index (χ1n) is 5.18. The summed E-state index contributed by atoms with van der Waals surface area (Å²) in [7, 11) is 0. The average Bonchev–Trinajstić information content (AvgIpc) is 2.28. The Bertz CT molecular complexity index is 438. The molecule has 0 spiro atoms. The van der Waals surface area contributed by atoms with Gasteiger partial charge in [0.2, 0.25) is 0 Å². The number of rotatable bonds is 1. The van der Waals surface area contributed by atoms with Crippen LogP contribution in [0.15, 0.2) is 24.4 Å². The molecule has 1 atom stereocenters. The van der Waals surface area contributed by atoms with E-state index in [0.717, 1.165) is 12.1 Å². The minimum Gasteiger partial charge on any atom is -0.257 e. The molecule has 0 saturated heterocycles. The first-order valence-corrected chi connectivity index (χ1v) is 5.18. The Kier molecular flexibility index (Phi) is 2.32. The maximum absolute atomic E-state index is 9.18. The van der Waals surface area contributed by atoms with Crippen LogP contribution in [-0.4, -0.2) is 4.98 Å². The van der Waals surface area contributed by atoms with Gasteiger partial charge in [-0.3, -0.25) is 4.98 Å². The summed E-state index contributed by atoms with van der Waals surface area (Å²) in [4.78, 5) is 4.32. The normalized spacial score (nSPS) is 19.4. The van der Waals surface area contributed by atoms with E-state index in [-0.39, 0.29) is 11.3 Å². The van der Waals surface area contributed by atoms with Crippen molar-refractivity contribution in [3.8, 4) is 6.07 Å². The molecule has 0 unspecified atom stereocenters. The second-order valence-corrected chi connectivity index (χ2v) is 4.50. The van der Waals surface area contributed by atoms with Crippen LogP contribution >= 0.6 is 0 Å². The van der Waals surface area contributed by atoms with Crippen LogP contribution in [0.1, 0.15) is 37.4 Å². The zero-order valence-electron chi connectivity index (χ0n) is 9.07. The highest BCUT2D eigenvalue weighted by molar-refractivity contribution is 5.54. The summed E-state index contributed by atoms with van der Waals surface area (Å²) in [6.07, 6.45) is 6.88. The van der Waals surface area contributed by atoms with E-state index in [0.29, 0.717) is 0 Å². The lowest BCUT2D eigenvalue weighted by Gasteiger charge is -2.30. The topological polar surface area (TPSA) is 36.7 Å². The van der Waals surface area contributed by atoms with Crippen molar-refractivity contribution in [2.45, 2.75) is 26.2 Å². The van der Waals surface area contributed by atoms with Crippen LogP contribution in [0.25, 0.3) is 6.08 Å². The minimum atomic E-state index is -0.331. The zero-order valence-corrected chi connectivity index (χ0v) is 9.07. The van der Waals surface area contributed by atoms with Gasteiger partial charge in [-0.15, -0.1) is 0 Å². The smallest absolute Gasteiger partial charge is 0.0690 e. The summed E-state index contributed by atoms with van der Waals surface area (Å²) in [6.45, 7) is 3.99. The van der Waals surface area contributed by atoms with Crippen molar-refractivity contribution in [1.29, 1.82) is 5.26 Å². The van der Waals surface area contributed by atoms with Gasteiger partial charge < -0.3 is 0 Å². The number of aromatic nitrogens is 1. The van der Waals surface area contributed by atoms with Gasteiger partial charge in [0.25, 0.3) is 0 Å².